The second kappa shape index (κ2) is 11.2. The highest BCUT2D eigenvalue weighted by molar-refractivity contribution is 5.92. The van der Waals surface area contributed by atoms with Gasteiger partial charge in [0.1, 0.15) is 30.2 Å². The number of esters is 1. The topological polar surface area (TPSA) is 133 Å². The molecule has 0 aliphatic carbocycles. The number of carbonyl (C=O) groups is 1. The number of halogens is 3. The summed E-state index contributed by atoms with van der Waals surface area (Å²) >= 11 is 0. The molecule has 1 aromatic carbocycles. The fourth-order valence-corrected chi connectivity index (χ4v) is 3.46. The zero-order valence-electron chi connectivity index (χ0n) is 19.6. The highest BCUT2D eigenvalue weighted by Crippen LogP contribution is 2.37. The third-order valence-corrected chi connectivity index (χ3v) is 5.06. The lowest BCUT2D eigenvalue weighted by atomic mass is 10.2. The summed E-state index contributed by atoms with van der Waals surface area (Å²) in [7, 11) is 0. The van der Waals surface area contributed by atoms with Gasteiger partial charge in [-0.15, -0.1) is 6.42 Å². The fourth-order valence-electron chi connectivity index (χ4n) is 3.46. The van der Waals surface area contributed by atoms with Crippen LogP contribution in [-0.2, 0) is 22.2 Å². The van der Waals surface area contributed by atoms with Crippen molar-refractivity contribution in [2.24, 2.45) is 0 Å². The van der Waals surface area contributed by atoms with Gasteiger partial charge in [0.15, 0.2) is 5.69 Å². The molecule has 3 aromatic heterocycles. The SMILES string of the molecule is C#CCn1cc(-c2cnc3c(Oc4ccc(C(=O)OCCOCCO)c(O)c4)nccn23)c(C(F)(F)F)n1. The molecule has 2 N–H and O–H groups in total. The van der Waals surface area contributed by atoms with E-state index >= 15 is 0 Å². The summed E-state index contributed by atoms with van der Waals surface area (Å²) in [5.41, 5.74) is -1.32. The molecular weight excluding hydrogens is 511 g/mol. The number of carbonyl (C=O) groups excluding carboxylic acids is 1. The molecule has 0 saturated heterocycles. The van der Waals surface area contributed by atoms with Gasteiger partial charge in [0.25, 0.3) is 5.88 Å². The molecule has 0 amide bonds. The second-order valence-corrected chi connectivity index (χ2v) is 7.61. The summed E-state index contributed by atoms with van der Waals surface area (Å²) in [6.07, 6.45) is 5.59. The number of hydrogen-bond acceptors (Lipinski definition) is 9. The Morgan fingerprint density at radius 2 is 2.00 bits per heavy atom. The van der Waals surface area contributed by atoms with Crippen LogP contribution >= 0.6 is 0 Å². The second-order valence-electron chi connectivity index (χ2n) is 7.61. The highest BCUT2D eigenvalue weighted by Gasteiger charge is 2.38. The van der Waals surface area contributed by atoms with Gasteiger partial charge in [0.05, 0.1) is 37.3 Å². The molecule has 11 nitrogen and oxygen atoms in total. The molecule has 0 bridgehead atoms. The number of aliphatic hydroxyl groups excluding tert-OH is 1. The summed E-state index contributed by atoms with van der Waals surface area (Å²) in [4.78, 5) is 20.4. The average molecular weight is 531 g/mol. The molecule has 0 aliphatic rings. The summed E-state index contributed by atoms with van der Waals surface area (Å²) < 4.78 is 59.0. The first kappa shape index (κ1) is 26.5. The van der Waals surface area contributed by atoms with Gasteiger partial charge in [0, 0.05) is 24.7 Å². The summed E-state index contributed by atoms with van der Waals surface area (Å²) in [6.45, 7) is -0.217. The molecule has 0 radical (unpaired) electrons. The van der Waals surface area contributed by atoms with Crippen molar-refractivity contribution >= 4 is 11.6 Å². The van der Waals surface area contributed by atoms with E-state index < -0.39 is 23.6 Å². The van der Waals surface area contributed by atoms with Crippen LogP contribution in [0.2, 0.25) is 0 Å². The molecule has 0 saturated carbocycles. The van der Waals surface area contributed by atoms with Crippen molar-refractivity contribution in [1.29, 1.82) is 0 Å². The maximum atomic E-state index is 13.6. The van der Waals surface area contributed by atoms with Crippen molar-refractivity contribution in [2.45, 2.75) is 12.7 Å². The molecule has 3 heterocycles. The Hall–Kier alpha value is -4.61. The standard InChI is InChI=1S/C24H20F3N5O6/c1-2-6-31-14-17(20(30-31)24(25,26)27)18-13-29-21-22(28-5-7-32(18)21)38-15-3-4-16(19(34)12-15)23(35)37-11-10-36-9-8-33/h1,3-5,7,12-14,33-34H,6,8-11H2. The lowest BCUT2D eigenvalue weighted by molar-refractivity contribution is -0.141. The first-order chi connectivity index (χ1) is 18.2. The molecule has 14 heteroatoms. The van der Waals surface area contributed by atoms with Crippen molar-refractivity contribution in [2.75, 3.05) is 26.4 Å². The Morgan fingerprint density at radius 1 is 1.18 bits per heavy atom. The number of ether oxygens (including phenoxy) is 3. The smallest absolute Gasteiger partial charge is 0.435 e. The number of benzene rings is 1. The number of phenols is 1. The number of hydrogen-bond donors (Lipinski definition) is 2. The van der Waals surface area contributed by atoms with E-state index in [4.69, 9.17) is 25.7 Å². The molecular formula is C24H20F3N5O6. The molecule has 4 rings (SSSR count). The van der Waals surface area contributed by atoms with Crippen molar-refractivity contribution in [3.8, 4) is 41.0 Å². The van der Waals surface area contributed by atoms with E-state index in [-0.39, 0.29) is 67.1 Å². The first-order valence-electron chi connectivity index (χ1n) is 11.0. The first-order valence-corrected chi connectivity index (χ1v) is 11.0. The summed E-state index contributed by atoms with van der Waals surface area (Å²) in [5.74, 6) is 1.02. The van der Waals surface area contributed by atoms with Gasteiger partial charge in [-0.05, 0) is 12.1 Å². The van der Waals surface area contributed by atoms with E-state index in [9.17, 15) is 23.1 Å². The molecule has 38 heavy (non-hydrogen) atoms. The normalized spacial score (nSPS) is 11.4. The minimum Gasteiger partial charge on any atom is -0.507 e. The van der Waals surface area contributed by atoms with Gasteiger partial charge >= 0.3 is 12.1 Å². The highest BCUT2D eigenvalue weighted by atomic mass is 19.4. The number of imidazole rings is 1. The van der Waals surface area contributed by atoms with Gasteiger partial charge < -0.3 is 24.4 Å². The maximum absolute atomic E-state index is 13.6. The number of aromatic hydroxyl groups is 1. The third-order valence-electron chi connectivity index (χ3n) is 5.06. The fraction of sp³-hybridized carbons (Fsp3) is 0.250. The van der Waals surface area contributed by atoms with Crippen LogP contribution in [0.1, 0.15) is 16.1 Å². The summed E-state index contributed by atoms with van der Waals surface area (Å²) in [6, 6.07) is 3.80. The van der Waals surface area contributed by atoms with Crippen molar-refractivity contribution in [1.82, 2.24) is 24.1 Å². The van der Waals surface area contributed by atoms with Crippen molar-refractivity contribution in [3.63, 3.8) is 0 Å². The average Bonchev–Trinajstić information content (AvgIpc) is 3.49. The Balaban J connectivity index is 1.58. The Labute approximate surface area is 213 Å². The van der Waals surface area contributed by atoms with Crippen LogP contribution in [0.4, 0.5) is 13.2 Å². The van der Waals surface area contributed by atoms with E-state index in [0.717, 1.165) is 10.7 Å². The van der Waals surface area contributed by atoms with Gasteiger partial charge in [-0.3, -0.25) is 9.08 Å². The molecule has 0 atom stereocenters. The number of rotatable bonds is 10. The van der Waals surface area contributed by atoms with Gasteiger partial charge in [-0.2, -0.15) is 18.3 Å². The largest absolute Gasteiger partial charge is 0.507 e. The quantitative estimate of drug-likeness (QED) is 0.180. The molecule has 0 unspecified atom stereocenters. The minimum absolute atomic E-state index is 0.0703. The van der Waals surface area contributed by atoms with Crippen LogP contribution in [0.3, 0.4) is 0 Å². The van der Waals surface area contributed by atoms with Crippen LogP contribution in [0.15, 0.2) is 43.0 Å². The monoisotopic (exact) mass is 531 g/mol. The van der Waals surface area contributed by atoms with Crippen LogP contribution < -0.4 is 4.74 Å². The number of aromatic nitrogens is 5. The van der Waals surface area contributed by atoms with E-state index in [1.807, 2.05) is 0 Å². The van der Waals surface area contributed by atoms with Gasteiger partial charge in [-0.1, -0.05) is 5.92 Å². The Kier molecular flexibility index (Phi) is 7.79. The van der Waals surface area contributed by atoms with Crippen molar-refractivity contribution < 1.29 is 42.4 Å². The predicted molar refractivity (Wildman–Crippen MR) is 124 cm³/mol. The number of aliphatic hydroxyl groups is 1. The number of nitrogens with zero attached hydrogens (tertiary/aromatic N) is 5. The number of alkyl halides is 3. The van der Waals surface area contributed by atoms with Crippen molar-refractivity contribution in [3.05, 3.63) is 54.2 Å². The Bertz CT molecular complexity index is 1490. The van der Waals surface area contributed by atoms with E-state index in [0.29, 0.717) is 0 Å². The summed E-state index contributed by atoms with van der Waals surface area (Å²) in [5, 5.41) is 22.5. The zero-order valence-corrected chi connectivity index (χ0v) is 19.6. The Morgan fingerprint density at radius 3 is 2.71 bits per heavy atom. The zero-order chi connectivity index (χ0) is 27.3. The van der Waals surface area contributed by atoms with Gasteiger partial charge in [0.2, 0.25) is 5.65 Å². The molecule has 0 fully saturated rings. The lowest BCUT2D eigenvalue weighted by Crippen LogP contribution is -2.12. The minimum atomic E-state index is -4.74. The van der Waals surface area contributed by atoms with Gasteiger partial charge in [-0.25, -0.2) is 14.8 Å². The molecule has 198 valence electrons. The van der Waals surface area contributed by atoms with E-state index in [1.54, 1.807) is 0 Å². The van der Waals surface area contributed by atoms with Crippen LogP contribution in [0.25, 0.3) is 16.9 Å². The van der Waals surface area contributed by atoms with Crippen LogP contribution in [0, 0.1) is 12.3 Å². The van der Waals surface area contributed by atoms with Crippen LogP contribution in [0.5, 0.6) is 17.4 Å². The number of phenolic OH excluding ortho intramolecular Hbond substituents is 1. The van der Waals surface area contributed by atoms with E-state index in [1.165, 1.54) is 41.3 Å². The van der Waals surface area contributed by atoms with Crippen LogP contribution in [-0.4, -0.2) is 66.8 Å². The lowest BCUT2D eigenvalue weighted by Gasteiger charge is -2.10. The molecule has 0 aliphatic heterocycles. The predicted octanol–water partition coefficient (Wildman–Crippen LogP) is 2.91. The number of terminal acetylenes is 1. The third kappa shape index (κ3) is 5.69. The molecule has 0 spiro atoms. The maximum Gasteiger partial charge on any atom is 0.435 e. The molecule has 4 aromatic rings. The number of fused-ring (bicyclic) bond motifs is 1. The van der Waals surface area contributed by atoms with E-state index in [2.05, 4.69) is 21.0 Å².